The number of methoxy groups -OCH3 is 1. The fourth-order valence-corrected chi connectivity index (χ4v) is 4.70. The zero-order valence-electron chi connectivity index (χ0n) is 23.2. The van der Waals surface area contributed by atoms with E-state index in [0.29, 0.717) is 11.3 Å². The first-order valence-electron chi connectivity index (χ1n) is 13.3. The summed E-state index contributed by atoms with van der Waals surface area (Å²) in [5, 5.41) is 5.03. The molecule has 0 saturated carbocycles. The van der Waals surface area contributed by atoms with E-state index in [1.165, 1.54) is 31.5 Å². The fourth-order valence-electron chi connectivity index (χ4n) is 4.70. The Hall–Kier alpha value is -5.38. The van der Waals surface area contributed by atoms with Crippen LogP contribution in [0, 0.1) is 0 Å². The molecule has 2 N–H and O–H groups in total. The SMILES string of the molecule is CCc1cccc2c(-c3ccccc3)c(C(=O)NN=Cc3ccc(OC(=O)c4cccc(C(F)(F)F)c4)c(OC)c3)[nH]c12. The minimum absolute atomic E-state index is 0.00315. The lowest BCUT2D eigenvalue weighted by atomic mass is 10.00. The fraction of sp³-hybridized carbons (Fsp3) is 0.121. The van der Waals surface area contributed by atoms with Crippen LogP contribution in [0.15, 0.2) is 96.1 Å². The van der Waals surface area contributed by atoms with Crippen molar-refractivity contribution in [1.82, 2.24) is 10.4 Å². The van der Waals surface area contributed by atoms with Crippen molar-refractivity contribution in [2.24, 2.45) is 5.10 Å². The van der Waals surface area contributed by atoms with E-state index in [4.69, 9.17) is 9.47 Å². The second-order valence-corrected chi connectivity index (χ2v) is 9.51. The van der Waals surface area contributed by atoms with Crippen LogP contribution >= 0.6 is 0 Å². The maximum atomic E-state index is 13.3. The van der Waals surface area contributed by atoms with Gasteiger partial charge in [0.15, 0.2) is 11.5 Å². The minimum atomic E-state index is -4.60. The highest BCUT2D eigenvalue weighted by molar-refractivity contribution is 6.10. The van der Waals surface area contributed by atoms with Crippen LogP contribution in [0.3, 0.4) is 0 Å². The third-order valence-electron chi connectivity index (χ3n) is 6.79. The zero-order valence-corrected chi connectivity index (χ0v) is 23.2. The molecular weight excluding hydrogens is 559 g/mol. The number of ether oxygens (including phenoxy) is 2. The van der Waals surface area contributed by atoms with Gasteiger partial charge in [0.05, 0.1) is 24.5 Å². The van der Waals surface area contributed by atoms with Crippen molar-refractivity contribution in [1.29, 1.82) is 0 Å². The smallest absolute Gasteiger partial charge is 0.416 e. The zero-order chi connectivity index (χ0) is 30.6. The van der Waals surface area contributed by atoms with E-state index in [0.717, 1.165) is 52.2 Å². The van der Waals surface area contributed by atoms with Gasteiger partial charge in [-0.15, -0.1) is 0 Å². The van der Waals surface area contributed by atoms with Gasteiger partial charge in [0.2, 0.25) is 0 Å². The highest BCUT2D eigenvalue weighted by Crippen LogP contribution is 2.35. The number of fused-ring (bicyclic) bond motifs is 1. The van der Waals surface area contributed by atoms with Crippen LogP contribution in [0.25, 0.3) is 22.0 Å². The number of nitrogens with zero attached hydrogens (tertiary/aromatic N) is 1. The number of aromatic amines is 1. The molecular formula is C33H26F3N3O4. The number of benzene rings is 4. The number of aromatic nitrogens is 1. The van der Waals surface area contributed by atoms with Crippen LogP contribution in [0.5, 0.6) is 11.5 Å². The first kappa shape index (κ1) is 29.1. The number of para-hydroxylation sites is 1. The van der Waals surface area contributed by atoms with E-state index in [1.807, 2.05) is 55.5 Å². The van der Waals surface area contributed by atoms with Crippen molar-refractivity contribution in [3.63, 3.8) is 0 Å². The van der Waals surface area contributed by atoms with Crippen LogP contribution in [0.1, 0.15) is 44.5 Å². The molecule has 1 heterocycles. The number of carbonyl (C=O) groups excluding carboxylic acids is 2. The number of nitrogens with one attached hydrogen (secondary N) is 2. The van der Waals surface area contributed by atoms with Gasteiger partial charge in [0.25, 0.3) is 5.91 Å². The lowest BCUT2D eigenvalue weighted by molar-refractivity contribution is -0.137. The number of amides is 1. The van der Waals surface area contributed by atoms with Crippen LogP contribution in [0.2, 0.25) is 0 Å². The summed E-state index contributed by atoms with van der Waals surface area (Å²) in [6.45, 7) is 2.05. The molecule has 0 fully saturated rings. The molecule has 1 amide bonds. The van der Waals surface area contributed by atoms with E-state index in [1.54, 1.807) is 6.07 Å². The molecule has 0 aliphatic rings. The Kier molecular flexibility index (Phi) is 8.29. The number of esters is 1. The first-order chi connectivity index (χ1) is 20.7. The molecule has 0 aliphatic carbocycles. The van der Waals surface area contributed by atoms with E-state index < -0.39 is 23.6 Å². The number of rotatable bonds is 8. The van der Waals surface area contributed by atoms with Crippen molar-refractivity contribution in [3.8, 4) is 22.6 Å². The molecule has 0 radical (unpaired) electrons. The summed E-state index contributed by atoms with van der Waals surface area (Å²) in [6.07, 6.45) is -2.42. The Morgan fingerprint density at radius 2 is 1.70 bits per heavy atom. The molecule has 0 saturated heterocycles. The summed E-state index contributed by atoms with van der Waals surface area (Å²) in [5.74, 6) is -1.27. The van der Waals surface area contributed by atoms with E-state index in [2.05, 4.69) is 15.5 Å². The van der Waals surface area contributed by atoms with Gasteiger partial charge in [-0.1, -0.05) is 61.5 Å². The standard InChI is InChI=1S/C33H26F3N3O4/c1-3-21-11-8-14-25-28(22-9-5-4-6-10-22)30(38-29(21)25)31(40)39-37-19-20-15-16-26(27(17-20)42-2)43-32(41)23-12-7-13-24(18-23)33(34,35)36/h4-19,38H,3H2,1-2H3,(H,39,40). The largest absolute Gasteiger partial charge is 0.493 e. The number of halogens is 3. The monoisotopic (exact) mass is 585 g/mol. The van der Waals surface area contributed by atoms with E-state index in [9.17, 15) is 22.8 Å². The number of hydrogen-bond donors (Lipinski definition) is 2. The highest BCUT2D eigenvalue weighted by atomic mass is 19.4. The lowest BCUT2D eigenvalue weighted by Gasteiger charge is -2.11. The molecule has 0 spiro atoms. The van der Waals surface area contributed by atoms with Crippen LogP contribution in [0.4, 0.5) is 13.2 Å². The summed E-state index contributed by atoms with van der Waals surface area (Å²) < 4.78 is 49.7. The van der Waals surface area contributed by atoms with Gasteiger partial charge >= 0.3 is 12.1 Å². The van der Waals surface area contributed by atoms with Crippen LogP contribution in [-0.4, -0.2) is 30.2 Å². The average Bonchev–Trinajstić information content (AvgIpc) is 3.42. The molecule has 10 heteroatoms. The molecule has 5 rings (SSSR count). The summed E-state index contributed by atoms with van der Waals surface area (Å²) in [5.41, 5.74) is 5.84. The number of alkyl halides is 3. The van der Waals surface area contributed by atoms with Gasteiger partial charge in [-0.05, 0) is 59.5 Å². The second-order valence-electron chi connectivity index (χ2n) is 9.51. The van der Waals surface area contributed by atoms with Gasteiger partial charge in [-0.3, -0.25) is 4.79 Å². The van der Waals surface area contributed by atoms with Crippen molar-refractivity contribution < 1.29 is 32.2 Å². The number of aryl methyl sites for hydroxylation is 1. The molecule has 4 aromatic carbocycles. The van der Waals surface area contributed by atoms with E-state index in [-0.39, 0.29) is 17.1 Å². The molecule has 7 nitrogen and oxygen atoms in total. The van der Waals surface area contributed by atoms with Gasteiger partial charge in [-0.2, -0.15) is 18.3 Å². The van der Waals surface area contributed by atoms with E-state index >= 15 is 0 Å². The number of hydrazone groups is 1. The lowest BCUT2D eigenvalue weighted by Crippen LogP contribution is -2.19. The third kappa shape index (κ3) is 6.28. The molecule has 1 aromatic heterocycles. The molecule has 0 aliphatic heterocycles. The van der Waals surface area contributed by atoms with Crippen molar-refractivity contribution >= 4 is 29.0 Å². The minimum Gasteiger partial charge on any atom is -0.493 e. The summed E-state index contributed by atoms with van der Waals surface area (Å²) in [6, 6.07) is 24.0. The molecule has 0 unspecified atom stereocenters. The Morgan fingerprint density at radius 3 is 2.42 bits per heavy atom. The molecule has 43 heavy (non-hydrogen) atoms. The molecule has 218 valence electrons. The maximum Gasteiger partial charge on any atom is 0.416 e. The average molecular weight is 586 g/mol. The van der Waals surface area contributed by atoms with Gasteiger partial charge in [-0.25, -0.2) is 10.2 Å². The van der Waals surface area contributed by atoms with Crippen LogP contribution < -0.4 is 14.9 Å². The summed E-state index contributed by atoms with van der Waals surface area (Å²) >= 11 is 0. The molecule has 0 bridgehead atoms. The number of H-pyrrole nitrogens is 1. The predicted molar refractivity (Wildman–Crippen MR) is 158 cm³/mol. The second kappa shape index (κ2) is 12.2. The Morgan fingerprint density at radius 1 is 0.930 bits per heavy atom. The predicted octanol–water partition coefficient (Wildman–Crippen LogP) is 7.41. The van der Waals surface area contributed by atoms with Crippen molar-refractivity contribution in [2.45, 2.75) is 19.5 Å². The maximum absolute atomic E-state index is 13.3. The Bertz CT molecular complexity index is 1830. The highest BCUT2D eigenvalue weighted by Gasteiger charge is 2.31. The molecule has 5 aromatic rings. The van der Waals surface area contributed by atoms with Crippen LogP contribution in [-0.2, 0) is 12.6 Å². The van der Waals surface area contributed by atoms with Gasteiger partial charge in [0, 0.05) is 16.5 Å². The topological polar surface area (TPSA) is 92.8 Å². The number of hydrogen-bond acceptors (Lipinski definition) is 5. The Balaban J connectivity index is 1.35. The normalized spacial score (nSPS) is 11.6. The van der Waals surface area contributed by atoms with Crippen molar-refractivity contribution in [2.75, 3.05) is 7.11 Å². The summed E-state index contributed by atoms with van der Waals surface area (Å²) in [4.78, 5) is 29.1. The summed E-state index contributed by atoms with van der Waals surface area (Å²) in [7, 11) is 1.35. The number of carbonyl (C=O) groups is 2. The third-order valence-corrected chi connectivity index (χ3v) is 6.79. The van der Waals surface area contributed by atoms with Crippen molar-refractivity contribution in [3.05, 3.63) is 119 Å². The van der Waals surface area contributed by atoms with Gasteiger partial charge < -0.3 is 14.5 Å². The molecule has 0 atom stereocenters. The Labute approximate surface area is 245 Å². The quantitative estimate of drug-likeness (QED) is 0.0859. The van der Waals surface area contributed by atoms with Gasteiger partial charge in [0.1, 0.15) is 5.69 Å². The first-order valence-corrected chi connectivity index (χ1v) is 13.3.